The Kier molecular flexibility index (Phi) is 6.67. The lowest BCUT2D eigenvalue weighted by Crippen LogP contribution is -2.33. The number of amidine groups is 2. The minimum atomic E-state index is -0.264. The maximum Gasteiger partial charge on any atom is 0.160 e. The average molecular weight is 660 g/mol. The van der Waals surface area contributed by atoms with Crippen LogP contribution in [-0.4, -0.2) is 21.2 Å². The highest BCUT2D eigenvalue weighted by Crippen LogP contribution is 2.41. The van der Waals surface area contributed by atoms with Gasteiger partial charge in [0.1, 0.15) is 17.8 Å². The standard InChI is InChI=1S/C44H29N5S/c1-3-12-28(13-4-1)42-46-43(29-14-5-2-6-15-29)48-44(47-42)31-23-25-40(45-27-31)49-37-20-9-7-16-33(37)34-24-22-30(26-38(34)49)32-18-11-19-36-35-17-8-10-21-39(35)50-41(32)36/h1-27,42H,(H,46,47,48). The van der Waals surface area contributed by atoms with Gasteiger partial charge in [0.15, 0.2) is 5.84 Å². The van der Waals surface area contributed by atoms with Crippen LogP contribution in [-0.2, 0) is 0 Å². The molecular formula is C44H29N5S. The Hall–Kier alpha value is -6.37. The second kappa shape index (κ2) is 11.7. The van der Waals surface area contributed by atoms with Gasteiger partial charge in [-0.1, -0.05) is 127 Å². The molecule has 5 nitrogen and oxygen atoms in total. The van der Waals surface area contributed by atoms with Crippen LogP contribution in [0.5, 0.6) is 0 Å². The molecule has 1 aliphatic heterocycles. The molecule has 3 aromatic heterocycles. The van der Waals surface area contributed by atoms with Crippen LogP contribution >= 0.6 is 11.3 Å². The molecule has 4 heterocycles. The van der Waals surface area contributed by atoms with E-state index in [9.17, 15) is 0 Å². The monoisotopic (exact) mass is 659 g/mol. The minimum absolute atomic E-state index is 0.264. The number of rotatable bonds is 5. The fraction of sp³-hybridized carbons (Fsp3) is 0.0227. The predicted octanol–water partition coefficient (Wildman–Crippen LogP) is 10.7. The van der Waals surface area contributed by atoms with E-state index in [2.05, 4.69) is 131 Å². The molecule has 0 aliphatic carbocycles. The summed E-state index contributed by atoms with van der Waals surface area (Å²) in [6.07, 6.45) is 1.63. The van der Waals surface area contributed by atoms with E-state index >= 15 is 0 Å². The topological polar surface area (TPSA) is 54.6 Å². The predicted molar refractivity (Wildman–Crippen MR) is 209 cm³/mol. The lowest BCUT2D eigenvalue weighted by Gasteiger charge is -2.23. The number of aromatic nitrogens is 2. The van der Waals surface area contributed by atoms with Gasteiger partial charge in [-0.15, -0.1) is 11.3 Å². The maximum absolute atomic E-state index is 5.07. The van der Waals surface area contributed by atoms with Crippen LogP contribution in [0.4, 0.5) is 0 Å². The van der Waals surface area contributed by atoms with E-state index in [1.165, 1.54) is 42.1 Å². The van der Waals surface area contributed by atoms with Gasteiger partial charge in [-0.2, -0.15) is 0 Å². The molecule has 0 radical (unpaired) electrons. The fourth-order valence-corrected chi connectivity index (χ4v) is 8.38. The molecule has 236 valence electrons. The SMILES string of the molecule is c1ccc(C2=NC(c3ccc(-n4c5ccccc5c5ccc(-c6cccc7c6sc6ccccc67)cc54)nc3)=NC(c3ccccc3)N2)cc1. The zero-order chi connectivity index (χ0) is 33.0. The van der Waals surface area contributed by atoms with Crippen molar-refractivity contribution in [3.05, 3.63) is 181 Å². The van der Waals surface area contributed by atoms with E-state index in [0.717, 1.165) is 39.4 Å². The van der Waals surface area contributed by atoms with Gasteiger partial charge in [-0.05, 0) is 47.0 Å². The Morgan fingerprint density at radius 1 is 0.560 bits per heavy atom. The Balaban J connectivity index is 1.10. The van der Waals surface area contributed by atoms with Crippen LogP contribution in [0.25, 0.3) is 58.9 Å². The number of hydrogen-bond donors (Lipinski definition) is 1. The van der Waals surface area contributed by atoms with Gasteiger partial charge in [0.05, 0.1) is 11.0 Å². The van der Waals surface area contributed by atoms with Gasteiger partial charge in [-0.25, -0.2) is 15.0 Å². The van der Waals surface area contributed by atoms with Crippen molar-refractivity contribution >= 4 is 65.0 Å². The smallest absolute Gasteiger partial charge is 0.160 e. The second-order valence-corrected chi connectivity index (χ2v) is 13.6. The number of fused-ring (bicyclic) bond motifs is 6. The number of nitrogens with zero attached hydrogens (tertiary/aromatic N) is 4. The molecule has 9 aromatic rings. The summed E-state index contributed by atoms with van der Waals surface area (Å²) in [5.41, 5.74) is 7.62. The van der Waals surface area contributed by atoms with Crippen molar-refractivity contribution in [1.29, 1.82) is 0 Å². The zero-order valence-electron chi connectivity index (χ0n) is 26.9. The van der Waals surface area contributed by atoms with E-state index in [1.807, 2.05) is 53.9 Å². The molecule has 6 heteroatoms. The highest BCUT2D eigenvalue weighted by molar-refractivity contribution is 7.26. The summed E-state index contributed by atoms with van der Waals surface area (Å²) in [4.78, 5) is 15.1. The van der Waals surface area contributed by atoms with Crippen LogP contribution in [0.15, 0.2) is 174 Å². The van der Waals surface area contributed by atoms with Crippen LogP contribution < -0.4 is 5.32 Å². The Bertz CT molecular complexity index is 2780. The lowest BCUT2D eigenvalue weighted by atomic mass is 10.0. The van der Waals surface area contributed by atoms with Crippen molar-refractivity contribution in [2.24, 2.45) is 9.98 Å². The third-order valence-corrected chi connectivity index (χ3v) is 10.7. The Morgan fingerprint density at radius 2 is 1.28 bits per heavy atom. The van der Waals surface area contributed by atoms with Gasteiger partial charge in [-0.3, -0.25) is 4.57 Å². The van der Waals surface area contributed by atoms with E-state index in [1.54, 1.807) is 0 Å². The van der Waals surface area contributed by atoms with Crippen molar-refractivity contribution in [3.63, 3.8) is 0 Å². The van der Waals surface area contributed by atoms with Crippen LogP contribution in [0.2, 0.25) is 0 Å². The van der Waals surface area contributed by atoms with Gasteiger partial charge in [0, 0.05) is 48.3 Å². The molecule has 1 atom stereocenters. The summed E-state index contributed by atoms with van der Waals surface area (Å²) in [5.74, 6) is 2.28. The first kappa shape index (κ1) is 28.6. The largest absolute Gasteiger partial charge is 0.344 e. The molecule has 0 bridgehead atoms. The molecule has 6 aromatic carbocycles. The number of hydrogen-bond acceptors (Lipinski definition) is 5. The average Bonchev–Trinajstić information content (AvgIpc) is 3.74. The third-order valence-electron chi connectivity index (χ3n) is 9.53. The van der Waals surface area contributed by atoms with Gasteiger partial charge in [0.2, 0.25) is 0 Å². The first-order chi connectivity index (χ1) is 24.8. The normalized spacial score (nSPS) is 14.6. The van der Waals surface area contributed by atoms with Gasteiger partial charge >= 0.3 is 0 Å². The lowest BCUT2D eigenvalue weighted by molar-refractivity contribution is 0.674. The van der Waals surface area contributed by atoms with Crippen LogP contribution in [0, 0.1) is 0 Å². The number of benzene rings is 6. The quantitative estimate of drug-likeness (QED) is 0.200. The molecule has 1 aliphatic rings. The van der Waals surface area contributed by atoms with Crippen LogP contribution in [0.1, 0.15) is 22.9 Å². The van der Waals surface area contributed by atoms with Crippen molar-refractivity contribution in [1.82, 2.24) is 14.9 Å². The number of nitrogens with one attached hydrogen (secondary N) is 1. The summed E-state index contributed by atoms with van der Waals surface area (Å²) in [7, 11) is 0. The first-order valence-electron chi connectivity index (χ1n) is 16.7. The maximum atomic E-state index is 5.07. The molecule has 0 amide bonds. The molecule has 0 saturated heterocycles. The summed E-state index contributed by atoms with van der Waals surface area (Å²) in [6, 6.07) is 55.4. The highest BCUT2D eigenvalue weighted by atomic mass is 32.1. The molecule has 1 N–H and O–H groups in total. The molecule has 0 saturated carbocycles. The number of aliphatic imine (C=N–C) groups is 2. The Labute approximate surface area is 292 Å². The van der Waals surface area contributed by atoms with Gasteiger partial charge < -0.3 is 5.32 Å². The van der Waals surface area contributed by atoms with Crippen LogP contribution in [0.3, 0.4) is 0 Å². The Morgan fingerprint density at radius 3 is 2.12 bits per heavy atom. The fourth-order valence-electron chi connectivity index (χ4n) is 7.14. The third kappa shape index (κ3) is 4.72. The molecule has 0 fully saturated rings. The van der Waals surface area contributed by atoms with E-state index in [0.29, 0.717) is 5.84 Å². The van der Waals surface area contributed by atoms with E-state index < -0.39 is 0 Å². The molecule has 0 spiro atoms. The summed E-state index contributed by atoms with van der Waals surface area (Å²) < 4.78 is 4.90. The highest BCUT2D eigenvalue weighted by Gasteiger charge is 2.22. The number of para-hydroxylation sites is 1. The van der Waals surface area contributed by atoms with Crippen molar-refractivity contribution in [2.75, 3.05) is 0 Å². The second-order valence-electron chi connectivity index (χ2n) is 12.5. The first-order valence-corrected chi connectivity index (χ1v) is 17.5. The van der Waals surface area contributed by atoms with Crippen molar-refractivity contribution in [2.45, 2.75) is 6.17 Å². The summed E-state index contributed by atoms with van der Waals surface area (Å²) in [6.45, 7) is 0. The van der Waals surface area contributed by atoms with E-state index in [4.69, 9.17) is 15.0 Å². The minimum Gasteiger partial charge on any atom is -0.344 e. The molecular weight excluding hydrogens is 631 g/mol. The summed E-state index contributed by atoms with van der Waals surface area (Å²) >= 11 is 1.86. The molecule has 50 heavy (non-hydrogen) atoms. The number of pyridine rings is 1. The summed E-state index contributed by atoms with van der Waals surface area (Å²) in [5, 5.41) is 8.54. The molecule has 10 rings (SSSR count). The van der Waals surface area contributed by atoms with Crippen molar-refractivity contribution < 1.29 is 0 Å². The zero-order valence-corrected chi connectivity index (χ0v) is 27.7. The van der Waals surface area contributed by atoms with Gasteiger partial charge in [0.25, 0.3) is 0 Å². The van der Waals surface area contributed by atoms with Crippen molar-refractivity contribution in [3.8, 4) is 16.9 Å². The number of thiophene rings is 1. The molecule has 1 unspecified atom stereocenters. The van der Waals surface area contributed by atoms with E-state index in [-0.39, 0.29) is 6.17 Å².